The average molecular weight is 345 g/mol. The predicted octanol–water partition coefficient (Wildman–Crippen LogP) is 2.46. The number of hydrogen-bond acceptors (Lipinski definition) is 6. The van der Waals surface area contributed by atoms with Crippen LogP contribution in [0.3, 0.4) is 0 Å². The molecule has 0 radical (unpaired) electrons. The van der Waals surface area contributed by atoms with Crippen molar-refractivity contribution >= 4 is 5.97 Å². The van der Waals surface area contributed by atoms with Gasteiger partial charge in [0.1, 0.15) is 11.8 Å². The minimum atomic E-state index is -0.476. The minimum absolute atomic E-state index is 0.286. The van der Waals surface area contributed by atoms with Gasteiger partial charge in [-0.25, -0.2) is 0 Å². The van der Waals surface area contributed by atoms with E-state index in [1.54, 1.807) is 20.5 Å². The van der Waals surface area contributed by atoms with Crippen LogP contribution >= 0.6 is 0 Å². The highest BCUT2D eigenvalue weighted by molar-refractivity contribution is 5.78. The van der Waals surface area contributed by atoms with E-state index in [4.69, 9.17) is 18.6 Å². The Kier molecular flexibility index (Phi) is 4.99. The van der Waals surface area contributed by atoms with Crippen LogP contribution in [0.15, 0.2) is 34.9 Å². The molecule has 0 saturated heterocycles. The Hall–Kier alpha value is -2.47. The van der Waals surface area contributed by atoms with Crippen LogP contribution in [0.5, 0.6) is 11.5 Å². The molecule has 6 nitrogen and oxygen atoms in total. The van der Waals surface area contributed by atoms with Crippen molar-refractivity contribution in [3.63, 3.8) is 0 Å². The highest BCUT2D eigenvalue weighted by Crippen LogP contribution is 2.41. The molecule has 3 rings (SSSR count). The molecule has 0 aliphatic carbocycles. The zero-order valence-electron chi connectivity index (χ0n) is 14.9. The lowest BCUT2D eigenvalue weighted by molar-refractivity contribution is -0.147. The van der Waals surface area contributed by atoms with Crippen LogP contribution in [-0.4, -0.2) is 51.8 Å². The monoisotopic (exact) mass is 345 g/mol. The third-order valence-corrected chi connectivity index (χ3v) is 4.80. The van der Waals surface area contributed by atoms with E-state index in [0.29, 0.717) is 11.5 Å². The summed E-state index contributed by atoms with van der Waals surface area (Å²) in [6.07, 6.45) is 2.41. The van der Waals surface area contributed by atoms with Gasteiger partial charge >= 0.3 is 5.97 Å². The van der Waals surface area contributed by atoms with E-state index < -0.39 is 6.04 Å². The molecule has 1 aliphatic heterocycles. The van der Waals surface area contributed by atoms with Crippen LogP contribution in [0.4, 0.5) is 0 Å². The largest absolute Gasteiger partial charge is 0.493 e. The zero-order valence-corrected chi connectivity index (χ0v) is 14.9. The minimum Gasteiger partial charge on any atom is -0.493 e. The molecule has 0 saturated carbocycles. The molecule has 0 bridgehead atoms. The molecule has 0 amide bonds. The molecule has 0 fully saturated rings. The Morgan fingerprint density at radius 3 is 2.52 bits per heavy atom. The summed E-state index contributed by atoms with van der Waals surface area (Å²) < 4.78 is 21.7. The molecular formula is C19H23NO5. The fourth-order valence-corrected chi connectivity index (χ4v) is 3.52. The summed E-state index contributed by atoms with van der Waals surface area (Å²) in [4.78, 5) is 14.6. The summed E-state index contributed by atoms with van der Waals surface area (Å²) in [6.45, 7) is 0.722. The first-order valence-electron chi connectivity index (χ1n) is 8.17. The SMILES string of the molecule is COC(=O)[C@@H]1[C@H](c2ccco2)c2cc(OC)c(OC)cc2CCN1C. The molecule has 0 unspecified atom stereocenters. The zero-order chi connectivity index (χ0) is 18.0. The number of hydrogen-bond donors (Lipinski definition) is 0. The summed E-state index contributed by atoms with van der Waals surface area (Å²) in [7, 11) is 6.56. The molecule has 2 aromatic rings. The smallest absolute Gasteiger partial charge is 0.324 e. The van der Waals surface area contributed by atoms with E-state index in [9.17, 15) is 4.79 Å². The number of benzene rings is 1. The summed E-state index contributed by atoms with van der Waals surface area (Å²) in [5.74, 6) is 1.46. The van der Waals surface area contributed by atoms with Gasteiger partial charge in [-0.3, -0.25) is 9.69 Å². The van der Waals surface area contributed by atoms with Gasteiger partial charge in [0.2, 0.25) is 0 Å². The van der Waals surface area contributed by atoms with E-state index in [1.807, 2.05) is 36.2 Å². The molecule has 0 N–H and O–H groups in total. The molecule has 2 atom stereocenters. The molecular weight excluding hydrogens is 322 g/mol. The van der Waals surface area contributed by atoms with Crippen molar-refractivity contribution in [2.45, 2.75) is 18.4 Å². The maximum absolute atomic E-state index is 12.6. The van der Waals surface area contributed by atoms with E-state index in [-0.39, 0.29) is 11.9 Å². The molecule has 2 heterocycles. The first-order valence-corrected chi connectivity index (χ1v) is 8.17. The molecule has 1 aromatic carbocycles. The topological polar surface area (TPSA) is 61.1 Å². The molecule has 0 spiro atoms. The first-order chi connectivity index (χ1) is 12.1. The van der Waals surface area contributed by atoms with E-state index in [0.717, 1.165) is 29.9 Å². The number of carbonyl (C=O) groups excluding carboxylic acids is 1. The number of ether oxygens (including phenoxy) is 3. The van der Waals surface area contributed by atoms with Gasteiger partial charge in [0.05, 0.1) is 33.5 Å². The van der Waals surface area contributed by atoms with Crippen molar-refractivity contribution in [3.8, 4) is 11.5 Å². The third-order valence-electron chi connectivity index (χ3n) is 4.80. The lowest BCUT2D eigenvalue weighted by Gasteiger charge is -2.29. The number of nitrogens with zero attached hydrogens (tertiary/aromatic N) is 1. The van der Waals surface area contributed by atoms with E-state index >= 15 is 0 Å². The van der Waals surface area contributed by atoms with Gasteiger partial charge in [0.25, 0.3) is 0 Å². The van der Waals surface area contributed by atoms with Gasteiger partial charge in [-0.2, -0.15) is 0 Å². The number of rotatable bonds is 4. The summed E-state index contributed by atoms with van der Waals surface area (Å²) in [5, 5.41) is 0. The van der Waals surface area contributed by atoms with Crippen molar-refractivity contribution in [1.29, 1.82) is 0 Å². The number of methoxy groups -OCH3 is 3. The lowest BCUT2D eigenvalue weighted by atomic mass is 9.86. The maximum Gasteiger partial charge on any atom is 0.324 e. The quantitative estimate of drug-likeness (QED) is 0.794. The van der Waals surface area contributed by atoms with Crippen LogP contribution in [0.1, 0.15) is 22.8 Å². The van der Waals surface area contributed by atoms with Crippen LogP contribution in [0.25, 0.3) is 0 Å². The van der Waals surface area contributed by atoms with Crippen molar-refractivity contribution < 1.29 is 23.4 Å². The summed E-state index contributed by atoms with van der Waals surface area (Å²) >= 11 is 0. The fraction of sp³-hybridized carbons (Fsp3) is 0.421. The molecule has 1 aliphatic rings. The Morgan fingerprint density at radius 2 is 1.92 bits per heavy atom. The van der Waals surface area contributed by atoms with Crippen molar-refractivity contribution in [2.24, 2.45) is 0 Å². The van der Waals surface area contributed by atoms with E-state index in [2.05, 4.69) is 0 Å². The second-order valence-electron chi connectivity index (χ2n) is 6.10. The highest BCUT2D eigenvalue weighted by atomic mass is 16.5. The van der Waals surface area contributed by atoms with Crippen LogP contribution in [0.2, 0.25) is 0 Å². The standard InChI is InChI=1S/C19H23NO5/c1-20-8-7-12-10-15(22-2)16(23-3)11-13(12)17(14-6-5-9-25-14)18(20)19(21)24-4/h5-6,9-11,17-18H,7-8H2,1-4H3/t17-,18-/m0/s1. The average Bonchev–Trinajstić information content (AvgIpc) is 3.12. The molecule has 1 aromatic heterocycles. The number of furan rings is 1. The second-order valence-corrected chi connectivity index (χ2v) is 6.10. The van der Waals surface area contributed by atoms with Gasteiger partial charge in [0, 0.05) is 6.54 Å². The molecule has 6 heteroatoms. The first kappa shape index (κ1) is 17.4. The third kappa shape index (κ3) is 3.09. The number of likely N-dealkylation sites (N-methyl/N-ethyl adjacent to an activating group) is 1. The van der Waals surface area contributed by atoms with E-state index in [1.165, 1.54) is 7.11 Å². The van der Waals surface area contributed by atoms with Crippen LogP contribution < -0.4 is 9.47 Å². The second kappa shape index (κ2) is 7.19. The predicted molar refractivity (Wildman–Crippen MR) is 92.2 cm³/mol. The molecule has 134 valence electrons. The molecule has 25 heavy (non-hydrogen) atoms. The van der Waals surface area contributed by atoms with Crippen molar-refractivity contribution in [1.82, 2.24) is 4.90 Å². The lowest BCUT2D eigenvalue weighted by Crippen LogP contribution is -2.43. The normalized spacial score (nSPS) is 20.5. The Morgan fingerprint density at radius 1 is 1.20 bits per heavy atom. The Bertz CT molecular complexity index is 741. The van der Waals surface area contributed by atoms with Gasteiger partial charge in [0.15, 0.2) is 11.5 Å². The van der Waals surface area contributed by atoms with Crippen molar-refractivity contribution in [3.05, 3.63) is 47.4 Å². The van der Waals surface area contributed by atoms with Crippen LogP contribution in [0, 0.1) is 0 Å². The maximum atomic E-state index is 12.6. The fourth-order valence-electron chi connectivity index (χ4n) is 3.52. The summed E-state index contributed by atoms with van der Waals surface area (Å²) in [6, 6.07) is 7.17. The Labute approximate surface area is 147 Å². The summed E-state index contributed by atoms with van der Waals surface area (Å²) in [5.41, 5.74) is 2.10. The van der Waals surface area contributed by atoms with Gasteiger partial charge < -0.3 is 18.6 Å². The van der Waals surface area contributed by atoms with Crippen molar-refractivity contribution in [2.75, 3.05) is 34.9 Å². The van der Waals surface area contributed by atoms with Gasteiger partial charge in [-0.1, -0.05) is 0 Å². The number of carbonyl (C=O) groups is 1. The number of fused-ring (bicyclic) bond motifs is 1. The highest BCUT2D eigenvalue weighted by Gasteiger charge is 2.40. The van der Waals surface area contributed by atoms with Gasteiger partial charge in [-0.15, -0.1) is 0 Å². The van der Waals surface area contributed by atoms with Crippen LogP contribution in [-0.2, 0) is 16.0 Å². The Balaban J connectivity index is 2.21. The van der Waals surface area contributed by atoms with Gasteiger partial charge in [-0.05, 0) is 48.9 Å². The number of esters is 1.